The standard InChI is InChI=1S/C22H20FN3O4/c1-30-14-12-24-21(28)19-3-2-13-26(22(19)29)18-10-8-17(9-11-18)25-20(27)15-4-6-16(23)7-5-15/h2-11,13H,12,14H2,1H3,(H,24,28)(H,25,27). The predicted octanol–water partition coefficient (Wildman–Crippen LogP) is 2.61. The minimum Gasteiger partial charge on any atom is -0.383 e. The third-order valence-corrected chi connectivity index (χ3v) is 4.29. The molecule has 0 aliphatic heterocycles. The van der Waals surface area contributed by atoms with Gasteiger partial charge in [-0.2, -0.15) is 0 Å². The Morgan fingerprint density at radius 1 is 1.00 bits per heavy atom. The highest BCUT2D eigenvalue weighted by atomic mass is 19.1. The molecule has 2 amide bonds. The van der Waals surface area contributed by atoms with Crippen molar-refractivity contribution < 1.29 is 18.7 Å². The molecule has 1 aromatic heterocycles. The Balaban J connectivity index is 1.75. The number of halogens is 1. The van der Waals surface area contributed by atoms with Crippen LogP contribution in [-0.4, -0.2) is 36.6 Å². The van der Waals surface area contributed by atoms with Crippen LogP contribution in [0.5, 0.6) is 0 Å². The van der Waals surface area contributed by atoms with E-state index in [1.165, 1.54) is 42.0 Å². The highest BCUT2D eigenvalue weighted by Gasteiger charge is 2.13. The van der Waals surface area contributed by atoms with E-state index in [-0.39, 0.29) is 11.5 Å². The monoisotopic (exact) mass is 409 g/mol. The topological polar surface area (TPSA) is 89.4 Å². The fourth-order valence-corrected chi connectivity index (χ4v) is 2.74. The highest BCUT2D eigenvalue weighted by Crippen LogP contribution is 2.14. The molecule has 0 fully saturated rings. The number of ether oxygens (including phenoxy) is 1. The molecule has 3 aromatic rings. The fourth-order valence-electron chi connectivity index (χ4n) is 2.74. The number of amides is 2. The first-order chi connectivity index (χ1) is 14.5. The van der Waals surface area contributed by atoms with E-state index in [1.807, 2.05) is 0 Å². The number of nitrogens with one attached hydrogen (secondary N) is 2. The largest absolute Gasteiger partial charge is 0.383 e. The number of pyridine rings is 1. The number of benzene rings is 2. The third-order valence-electron chi connectivity index (χ3n) is 4.29. The van der Waals surface area contributed by atoms with E-state index in [0.29, 0.717) is 30.1 Å². The molecule has 0 saturated carbocycles. The quantitative estimate of drug-likeness (QED) is 0.587. The van der Waals surface area contributed by atoms with Gasteiger partial charge in [-0.05, 0) is 60.7 Å². The van der Waals surface area contributed by atoms with Crippen LogP contribution in [0.3, 0.4) is 0 Å². The van der Waals surface area contributed by atoms with Crippen LogP contribution in [0.2, 0.25) is 0 Å². The van der Waals surface area contributed by atoms with Gasteiger partial charge in [0.1, 0.15) is 11.4 Å². The number of carbonyl (C=O) groups excluding carboxylic acids is 2. The SMILES string of the molecule is COCCNC(=O)c1cccn(-c2ccc(NC(=O)c3ccc(F)cc3)cc2)c1=O. The van der Waals surface area contributed by atoms with E-state index >= 15 is 0 Å². The van der Waals surface area contributed by atoms with E-state index in [2.05, 4.69) is 10.6 Å². The van der Waals surface area contributed by atoms with Gasteiger partial charge in [0, 0.05) is 36.8 Å². The van der Waals surface area contributed by atoms with Crippen LogP contribution in [0.1, 0.15) is 20.7 Å². The molecule has 0 unspecified atom stereocenters. The molecule has 0 radical (unpaired) electrons. The molecule has 0 atom stereocenters. The van der Waals surface area contributed by atoms with Gasteiger partial charge in [0.05, 0.1) is 6.61 Å². The van der Waals surface area contributed by atoms with Crippen LogP contribution in [-0.2, 0) is 4.74 Å². The Labute approximate surface area is 172 Å². The minimum atomic E-state index is -0.477. The summed E-state index contributed by atoms with van der Waals surface area (Å²) in [6.45, 7) is 0.643. The summed E-state index contributed by atoms with van der Waals surface area (Å²) in [4.78, 5) is 37.1. The number of anilines is 1. The first-order valence-corrected chi connectivity index (χ1v) is 9.16. The molecular weight excluding hydrogens is 389 g/mol. The summed E-state index contributed by atoms with van der Waals surface area (Å²) < 4.78 is 19.2. The lowest BCUT2D eigenvalue weighted by Crippen LogP contribution is -2.33. The van der Waals surface area contributed by atoms with Crippen molar-refractivity contribution in [1.29, 1.82) is 0 Å². The Morgan fingerprint density at radius 3 is 2.37 bits per heavy atom. The molecule has 1 heterocycles. The van der Waals surface area contributed by atoms with Crippen LogP contribution >= 0.6 is 0 Å². The molecule has 0 aliphatic carbocycles. The normalized spacial score (nSPS) is 10.5. The number of methoxy groups -OCH3 is 1. The first-order valence-electron chi connectivity index (χ1n) is 9.16. The van der Waals surface area contributed by atoms with Crippen molar-refractivity contribution in [2.45, 2.75) is 0 Å². The average Bonchev–Trinajstić information content (AvgIpc) is 2.75. The summed E-state index contributed by atoms with van der Waals surface area (Å²) in [7, 11) is 1.52. The predicted molar refractivity (Wildman–Crippen MR) is 111 cm³/mol. The van der Waals surface area contributed by atoms with Crippen LogP contribution in [0.15, 0.2) is 71.7 Å². The summed E-state index contributed by atoms with van der Waals surface area (Å²) in [5.41, 5.74) is 0.919. The van der Waals surface area contributed by atoms with E-state index in [0.717, 1.165) is 0 Å². The molecule has 2 N–H and O–H groups in total. The first kappa shape index (κ1) is 20.9. The van der Waals surface area contributed by atoms with Gasteiger partial charge in [-0.3, -0.25) is 19.0 Å². The summed E-state index contributed by atoms with van der Waals surface area (Å²) >= 11 is 0. The van der Waals surface area contributed by atoms with Crippen LogP contribution in [0.4, 0.5) is 10.1 Å². The maximum atomic E-state index is 13.0. The van der Waals surface area contributed by atoms with Gasteiger partial charge < -0.3 is 15.4 Å². The maximum absolute atomic E-state index is 13.0. The third kappa shape index (κ3) is 4.98. The van der Waals surface area contributed by atoms with Crippen molar-refractivity contribution >= 4 is 17.5 Å². The molecule has 2 aromatic carbocycles. The Kier molecular flexibility index (Phi) is 6.71. The second kappa shape index (κ2) is 9.62. The van der Waals surface area contributed by atoms with Crippen molar-refractivity contribution in [3.8, 4) is 5.69 Å². The van der Waals surface area contributed by atoms with E-state index < -0.39 is 17.3 Å². The number of hydrogen-bond donors (Lipinski definition) is 2. The second-order valence-electron chi connectivity index (χ2n) is 6.35. The van der Waals surface area contributed by atoms with Crippen LogP contribution in [0.25, 0.3) is 5.69 Å². The Bertz CT molecular complexity index is 1090. The minimum absolute atomic E-state index is 0.0160. The lowest BCUT2D eigenvalue weighted by molar-refractivity contribution is 0.0934. The number of carbonyl (C=O) groups is 2. The molecule has 8 heteroatoms. The number of hydrogen-bond acceptors (Lipinski definition) is 4. The molecule has 3 rings (SSSR count). The lowest BCUT2D eigenvalue weighted by Gasteiger charge is -2.10. The molecule has 30 heavy (non-hydrogen) atoms. The highest BCUT2D eigenvalue weighted by molar-refractivity contribution is 6.04. The van der Waals surface area contributed by atoms with Gasteiger partial charge in [0.2, 0.25) is 0 Å². The van der Waals surface area contributed by atoms with E-state index in [1.54, 1.807) is 36.5 Å². The van der Waals surface area contributed by atoms with Crippen LogP contribution in [0, 0.1) is 5.82 Å². The van der Waals surface area contributed by atoms with Gasteiger partial charge in [-0.15, -0.1) is 0 Å². The number of nitrogens with zero attached hydrogens (tertiary/aromatic N) is 1. The molecule has 0 bridgehead atoms. The zero-order valence-corrected chi connectivity index (χ0v) is 16.2. The lowest BCUT2D eigenvalue weighted by atomic mass is 10.2. The van der Waals surface area contributed by atoms with Gasteiger partial charge in [0.15, 0.2) is 0 Å². The van der Waals surface area contributed by atoms with Crippen molar-refractivity contribution in [1.82, 2.24) is 9.88 Å². The van der Waals surface area contributed by atoms with Gasteiger partial charge in [0.25, 0.3) is 17.4 Å². The summed E-state index contributed by atoms with van der Waals surface area (Å²) in [6.07, 6.45) is 1.56. The van der Waals surface area contributed by atoms with E-state index in [4.69, 9.17) is 4.74 Å². The second-order valence-corrected chi connectivity index (χ2v) is 6.35. The van der Waals surface area contributed by atoms with Crippen molar-refractivity contribution in [2.24, 2.45) is 0 Å². The van der Waals surface area contributed by atoms with Crippen molar-refractivity contribution in [3.05, 3.63) is 94.2 Å². The summed E-state index contributed by atoms with van der Waals surface area (Å²) in [5, 5.41) is 5.33. The number of rotatable bonds is 7. The molecule has 0 aliphatic rings. The maximum Gasteiger partial charge on any atom is 0.267 e. The van der Waals surface area contributed by atoms with Gasteiger partial charge in [-0.25, -0.2) is 4.39 Å². The Morgan fingerprint density at radius 2 is 1.70 bits per heavy atom. The zero-order chi connectivity index (χ0) is 21.5. The molecule has 0 saturated heterocycles. The van der Waals surface area contributed by atoms with Crippen LogP contribution < -0.4 is 16.2 Å². The molecule has 154 valence electrons. The molecule has 0 spiro atoms. The summed E-state index contributed by atoms with van der Waals surface area (Å²) in [5.74, 6) is -1.28. The summed E-state index contributed by atoms with van der Waals surface area (Å²) in [6, 6.07) is 14.8. The van der Waals surface area contributed by atoms with Gasteiger partial charge >= 0.3 is 0 Å². The van der Waals surface area contributed by atoms with Crippen molar-refractivity contribution in [2.75, 3.05) is 25.6 Å². The smallest absolute Gasteiger partial charge is 0.267 e. The van der Waals surface area contributed by atoms with E-state index in [9.17, 15) is 18.8 Å². The molecule has 7 nitrogen and oxygen atoms in total. The van der Waals surface area contributed by atoms with Crippen molar-refractivity contribution in [3.63, 3.8) is 0 Å². The molecular formula is C22H20FN3O4. The van der Waals surface area contributed by atoms with Gasteiger partial charge in [-0.1, -0.05) is 0 Å². The fraction of sp³-hybridized carbons (Fsp3) is 0.136. The average molecular weight is 409 g/mol. The zero-order valence-electron chi connectivity index (χ0n) is 16.2. The Hall–Kier alpha value is -3.78. The number of aromatic nitrogens is 1.